The fourth-order valence-corrected chi connectivity index (χ4v) is 6.50. The molecule has 1 aromatic carbocycles. The molecular weight excluding hydrogens is 268 g/mol. The predicted molar refractivity (Wildman–Crippen MR) is 97.9 cm³/mol. The lowest BCUT2D eigenvalue weighted by molar-refractivity contribution is 0.224. The van der Waals surface area contributed by atoms with Gasteiger partial charge in [-0.25, -0.2) is 0 Å². The first-order valence-corrected chi connectivity index (χ1v) is 10.5. The first-order valence-electron chi connectivity index (χ1n) is 8.19. The zero-order valence-corrected chi connectivity index (χ0v) is 15.6. The van der Waals surface area contributed by atoms with E-state index in [2.05, 4.69) is 89.7 Å². The Bertz CT molecular complexity index is 534. The topological polar surface area (TPSA) is 0 Å². The Kier molecular flexibility index (Phi) is 4.62. The summed E-state index contributed by atoms with van der Waals surface area (Å²) in [5.74, 6) is 0.665. The Balaban J connectivity index is 2.25. The van der Waals surface area contributed by atoms with Crippen molar-refractivity contribution >= 4 is 14.0 Å². The standard InChI is InChI=1S/C20H30Si/c1-16(19(2,3)17-12-10-11-13-17)20(4,5)21(6)18-14-8-7-9-15-18/h7-12,14-16,21H,13H2,1-6H3. The first kappa shape index (κ1) is 16.3. The molecular formula is C20H30Si. The lowest BCUT2D eigenvalue weighted by atomic mass is 9.68. The van der Waals surface area contributed by atoms with Crippen LogP contribution in [0.3, 0.4) is 0 Å². The second-order valence-corrected chi connectivity index (χ2v) is 11.3. The van der Waals surface area contributed by atoms with Crippen molar-refractivity contribution in [3.05, 3.63) is 54.1 Å². The highest BCUT2D eigenvalue weighted by molar-refractivity contribution is 6.74. The van der Waals surface area contributed by atoms with Crippen molar-refractivity contribution < 1.29 is 0 Å². The van der Waals surface area contributed by atoms with E-state index in [1.54, 1.807) is 10.8 Å². The van der Waals surface area contributed by atoms with Crippen LogP contribution < -0.4 is 5.19 Å². The molecule has 0 bridgehead atoms. The van der Waals surface area contributed by atoms with E-state index >= 15 is 0 Å². The molecule has 1 aliphatic carbocycles. The molecule has 0 heterocycles. The van der Waals surface area contributed by atoms with Crippen LogP contribution in [0.15, 0.2) is 54.1 Å². The molecule has 0 N–H and O–H groups in total. The van der Waals surface area contributed by atoms with Crippen molar-refractivity contribution in [3.8, 4) is 0 Å². The molecule has 0 amide bonds. The summed E-state index contributed by atoms with van der Waals surface area (Å²) in [6, 6.07) is 11.2. The summed E-state index contributed by atoms with van der Waals surface area (Å²) in [7, 11) is -1.02. The molecule has 0 aromatic heterocycles. The van der Waals surface area contributed by atoms with E-state index in [4.69, 9.17) is 0 Å². The lowest BCUT2D eigenvalue weighted by Crippen LogP contribution is -2.45. The van der Waals surface area contributed by atoms with E-state index < -0.39 is 8.80 Å². The summed E-state index contributed by atoms with van der Waals surface area (Å²) in [5.41, 5.74) is 1.86. The van der Waals surface area contributed by atoms with Gasteiger partial charge in [-0.05, 0) is 22.8 Å². The monoisotopic (exact) mass is 298 g/mol. The van der Waals surface area contributed by atoms with Crippen molar-refractivity contribution in [1.82, 2.24) is 0 Å². The molecule has 0 saturated heterocycles. The van der Waals surface area contributed by atoms with Crippen molar-refractivity contribution in [2.45, 2.75) is 52.6 Å². The van der Waals surface area contributed by atoms with E-state index in [0.29, 0.717) is 11.0 Å². The van der Waals surface area contributed by atoms with E-state index in [9.17, 15) is 0 Å². The Hall–Kier alpha value is -1.08. The molecule has 1 aliphatic rings. The third-order valence-corrected chi connectivity index (χ3v) is 10.3. The maximum absolute atomic E-state index is 2.52. The third kappa shape index (κ3) is 3.08. The second kappa shape index (κ2) is 5.96. The summed E-state index contributed by atoms with van der Waals surface area (Å²) >= 11 is 0. The molecule has 0 nitrogen and oxygen atoms in total. The number of hydrogen-bond donors (Lipinski definition) is 0. The molecule has 0 saturated carbocycles. The fraction of sp³-hybridized carbons (Fsp3) is 0.500. The van der Waals surface area contributed by atoms with Crippen LogP contribution in [-0.4, -0.2) is 8.80 Å². The van der Waals surface area contributed by atoms with Crippen LogP contribution >= 0.6 is 0 Å². The Labute approximate surface area is 132 Å². The van der Waals surface area contributed by atoms with Gasteiger partial charge in [-0.1, -0.05) is 100 Å². The molecule has 21 heavy (non-hydrogen) atoms. The smallest absolute Gasteiger partial charge is 0.0736 e. The van der Waals surface area contributed by atoms with Gasteiger partial charge in [-0.15, -0.1) is 0 Å². The molecule has 2 rings (SSSR count). The van der Waals surface area contributed by atoms with Crippen LogP contribution in [0.25, 0.3) is 0 Å². The predicted octanol–water partition coefficient (Wildman–Crippen LogP) is 5.08. The van der Waals surface area contributed by atoms with Gasteiger partial charge in [0.1, 0.15) is 0 Å². The summed E-state index contributed by atoms with van der Waals surface area (Å²) < 4.78 is 0. The quantitative estimate of drug-likeness (QED) is 0.665. The molecule has 1 heteroatoms. The van der Waals surface area contributed by atoms with Crippen LogP contribution in [0, 0.1) is 11.3 Å². The van der Waals surface area contributed by atoms with E-state index in [1.165, 1.54) is 0 Å². The van der Waals surface area contributed by atoms with Crippen LogP contribution in [-0.2, 0) is 0 Å². The molecule has 0 spiro atoms. The molecule has 0 radical (unpaired) electrons. The van der Waals surface area contributed by atoms with Crippen LogP contribution in [0.2, 0.25) is 11.6 Å². The summed E-state index contributed by atoms with van der Waals surface area (Å²) in [6.45, 7) is 14.8. The van der Waals surface area contributed by atoms with Gasteiger partial charge >= 0.3 is 0 Å². The minimum absolute atomic E-state index is 0.267. The van der Waals surface area contributed by atoms with Crippen LogP contribution in [0.5, 0.6) is 0 Å². The van der Waals surface area contributed by atoms with Crippen molar-refractivity contribution in [2.75, 3.05) is 0 Å². The largest absolute Gasteiger partial charge is 0.0804 e. The van der Waals surface area contributed by atoms with Gasteiger partial charge in [0.2, 0.25) is 0 Å². The number of hydrogen-bond acceptors (Lipinski definition) is 0. The second-order valence-electron chi connectivity index (χ2n) is 7.72. The highest BCUT2D eigenvalue weighted by Gasteiger charge is 2.43. The van der Waals surface area contributed by atoms with Gasteiger partial charge in [-0.2, -0.15) is 0 Å². The van der Waals surface area contributed by atoms with Gasteiger partial charge < -0.3 is 0 Å². The van der Waals surface area contributed by atoms with Crippen LogP contribution in [0.1, 0.15) is 41.0 Å². The van der Waals surface area contributed by atoms with Gasteiger partial charge in [0.25, 0.3) is 0 Å². The summed E-state index contributed by atoms with van der Waals surface area (Å²) in [5, 5.41) is 1.97. The zero-order valence-electron chi connectivity index (χ0n) is 14.5. The Morgan fingerprint density at radius 1 is 1.05 bits per heavy atom. The molecule has 2 atom stereocenters. The van der Waals surface area contributed by atoms with E-state index in [-0.39, 0.29) is 5.41 Å². The average molecular weight is 299 g/mol. The maximum atomic E-state index is 2.52. The molecule has 0 fully saturated rings. The molecule has 114 valence electrons. The minimum Gasteiger partial charge on any atom is -0.0804 e. The first-order chi connectivity index (χ1) is 9.78. The zero-order chi connectivity index (χ0) is 15.7. The van der Waals surface area contributed by atoms with Crippen molar-refractivity contribution in [1.29, 1.82) is 0 Å². The van der Waals surface area contributed by atoms with Crippen LogP contribution in [0.4, 0.5) is 0 Å². The van der Waals surface area contributed by atoms with Gasteiger partial charge in [-0.3, -0.25) is 0 Å². The summed E-state index contributed by atoms with van der Waals surface area (Å²) in [6.07, 6.45) is 7.97. The SMILES string of the molecule is CC(C(C)(C)C1=CC=CC1)C(C)(C)[SiH](C)c1ccccc1. The van der Waals surface area contributed by atoms with E-state index in [1.807, 2.05) is 0 Å². The molecule has 0 aliphatic heterocycles. The highest BCUT2D eigenvalue weighted by Crippen LogP contribution is 2.51. The summed E-state index contributed by atoms with van der Waals surface area (Å²) in [4.78, 5) is 0. The van der Waals surface area contributed by atoms with Crippen molar-refractivity contribution in [2.24, 2.45) is 11.3 Å². The Morgan fingerprint density at radius 2 is 1.67 bits per heavy atom. The number of benzene rings is 1. The van der Waals surface area contributed by atoms with Gasteiger partial charge in [0.05, 0.1) is 8.80 Å². The third-order valence-electron chi connectivity index (χ3n) is 6.21. The number of allylic oxidation sites excluding steroid dienone is 4. The fourth-order valence-electron chi connectivity index (χ4n) is 3.68. The number of rotatable bonds is 5. The van der Waals surface area contributed by atoms with Crippen molar-refractivity contribution in [3.63, 3.8) is 0 Å². The lowest BCUT2D eigenvalue weighted by Gasteiger charge is -2.46. The normalized spacial score (nSPS) is 18.5. The molecule has 1 aromatic rings. The van der Waals surface area contributed by atoms with Gasteiger partial charge in [0, 0.05) is 0 Å². The minimum atomic E-state index is -1.02. The maximum Gasteiger partial charge on any atom is 0.0736 e. The average Bonchev–Trinajstić information content (AvgIpc) is 3.01. The highest BCUT2D eigenvalue weighted by atomic mass is 28.3. The van der Waals surface area contributed by atoms with E-state index in [0.717, 1.165) is 6.42 Å². The van der Waals surface area contributed by atoms with Gasteiger partial charge in [0.15, 0.2) is 0 Å². The molecule has 2 unspecified atom stereocenters. The Morgan fingerprint density at radius 3 is 2.19 bits per heavy atom.